The molecule has 1 aliphatic heterocycles. The fourth-order valence-corrected chi connectivity index (χ4v) is 5.22. The largest absolute Gasteiger partial charge is 0.453 e. The molecular weight excluding hydrogens is 524 g/mol. The highest BCUT2D eigenvalue weighted by molar-refractivity contribution is 7.91. The number of fused-ring (bicyclic) bond motifs is 1. The maximum atomic E-state index is 12.9. The SMILES string of the molecule is CCS(=O)(=O)c1ccc(Oc2cc3nc(-c4ccccn4)[nH]c3cc2N2C[C@@H](O)C[C@@H]2C(=O)NCOC)cn1. The quantitative estimate of drug-likeness (QED) is 0.263. The summed E-state index contributed by atoms with van der Waals surface area (Å²) in [5, 5.41) is 13.2. The molecule has 13 heteroatoms. The maximum absolute atomic E-state index is 12.9. The number of nitrogens with one attached hydrogen (secondary N) is 2. The van der Waals surface area contributed by atoms with Gasteiger partial charge < -0.3 is 29.8 Å². The van der Waals surface area contributed by atoms with Gasteiger partial charge in [0, 0.05) is 32.3 Å². The van der Waals surface area contributed by atoms with Crippen molar-refractivity contribution in [2.45, 2.75) is 30.5 Å². The van der Waals surface area contributed by atoms with Crippen molar-refractivity contribution in [3.8, 4) is 23.0 Å². The monoisotopic (exact) mass is 552 g/mol. The Morgan fingerprint density at radius 1 is 1.23 bits per heavy atom. The van der Waals surface area contributed by atoms with Crippen LogP contribution in [0, 0.1) is 0 Å². The minimum Gasteiger partial charge on any atom is -0.453 e. The molecule has 4 aromatic rings. The number of amides is 1. The lowest BCUT2D eigenvalue weighted by Gasteiger charge is -2.27. The van der Waals surface area contributed by atoms with Crippen molar-refractivity contribution in [2.24, 2.45) is 0 Å². The lowest BCUT2D eigenvalue weighted by atomic mass is 10.1. The zero-order valence-corrected chi connectivity index (χ0v) is 22.2. The number of aliphatic hydroxyl groups excluding tert-OH is 1. The first-order valence-electron chi connectivity index (χ1n) is 12.3. The summed E-state index contributed by atoms with van der Waals surface area (Å²) >= 11 is 0. The van der Waals surface area contributed by atoms with Gasteiger partial charge in [-0.1, -0.05) is 13.0 Å². The van der Waals surface area contributed by atoms with Gasteiger partial charge in [0.15, 0.2) is 26.4 Å². The van der Waals surface area contributed by atoms with E-state index in [1.165, 1.54) is 25.4 Å². The average molecular weight is 553 g/mol. The Labute approximate surface area is 224 Å². The Hall–Kier alpha value is -4.07. The van der Waals surface area contributed by atoms with Gasteiger partial charge in [0.2, 0.25) is 5.91 Å². The molecule has 4 heterocycles. The minimum atomic E-state index is -3.47. The van der Waals surface area contributed by atoms with E-state index in [1.807, 2.05) is 24.3 Å². The zero-order chi connectivity index (χ0) is 27.6. The molecule has 1 aromatic carbocycles. The Balaban J connectivity index is 1.57. The molecule has 1 aliphatic rings. The predicted octanol–water partition coefficient (Wildman–Crippen LogP) is 2.27. The molecule has 3 N–H and O–H groups in total. The van der Waals surface area contributed by atoms with Crippen LogP contribution in [0.5, 0.6) is 11.5 Å². The number of anilines is 1. The van der Waals surface area contributed by atoms with Gasteiger partial charge in [-0.25, -0.2) is 18.4 Å². The number of nitrogens with zero attached hydrogens (tertiary/aromatic N) is 4. The van der Waals surface area contributed by atoms with Gasteiger partial charge in [-0.3, -0.25) is 9.78 Å². The fourth-order valence-electron chi connectivity index (χ4n) is 4.43. The molecule has 5 rings (SSSR count). The third kappa shape index (κ3) is 5.55. The molecule has 12 nitrogen and oxygen atoms in total. The summed E-state index contributed by atoms with van der Waals surface area (Å²) in [6.07, 6.45) is 2.49. The van der Waals surface area contributed by atoms with Gasteiger partial charge in [0.1, 0.15) is 24.2 Å². The second kappa shape index (κ2) is 11.0. The van der Waals surface area contributed by atoms with Crippen molar-refractivity contribution in [3.63, 3.8) is 0 Å². The van der Waals surface area contributed by atoms with E-state index in [0.717, 1.165) is 0 Å². The van der Waals surface area contributed by atoms with E-state index < -0.39 is 22.0 Å². The number of imidazole rings is 1. The maximum Gasteiger partial charge on any atom is 0.244 e. The molecule has 204 valence electrons. The zero-order valence-electron chi connectivity index (χ0n) is 21.4. The molecule has 0 spiro atoms. The van der Waals surface area contributed by atoms with Crippen LogP contribution in [0.4, 0.5) is 5.69 Å². The highest BCUT2D eigenvalue weighted by Crippen LogP contribution is 2.39. The van der Waals surface area contributed by atoms with Gasteiger partial charge in [-0.15, -0.1) is 0 Å². The molecule has 39 heavy (non-hydrogen) atoms. The smallest absolute Gasteiger partial charge is 0.244 e. The topological polar surface area (TPSA) is 160 Å². The third-order valence-electron chi connectivity index (χ3n) is 6.39. The Bertz CT molecular complexity index is 1580. The van der Waals surface area contributed by atoms with Crippen LogP contribution in [-0.2, 0) is 19.4 Å². The summed E-state index contributed by atoms with van der Waals surface area (Å²) < 4.78 is 35.5. The van der Waals surface area contributed by atoms with Crippen LogP contribution in [0.15, 0.2) is 59.9 Å². The van der Waals surface area contributed by atoms with E-state index in [9.17, 15) is 18.3 Å². The normalized spacial score (nSPS) is 17.5. The fraction of sp³-hybridized carbons (Fsp3) is 0.308. The summed E-state index contributed by atoms with van der Waals surface area (Å²) in [5.74, 6) is 0.844. The van der Waals surface area contributed by atoms with Gasteiger partial charge in [-0.2, -0.15) is 0 Å². The highest BCUT2D eigenvalue weighted by atomic mass is 32.2. The van der Waals surface area contributed by atoms with Crippen LogP contribution in [0.25, 0.3) is 22.6 Å². The van der Waals surface area contributed by atoms with Crippen molar-refractivity contribution in [3.05, 3.63) is 54.9 Å². The lowest BCUT2D eigenvalue weighted by Crippen LogP contribution is -2.44. The van der Waals surface area contributed by atoms with Crippen LogP contribution in [-0.4, -0.2) is 77.7 Å². The molecule has 0 saturated carbocycles. The van der Waals surface area contributed by atoms with E-state index in [2.05, 4.69) is 25.3 Å². The van der Waals surface area contributed by atoms with Crippen LogP contribution in [0.1, 0.15) is 13.3 Å². The molecule has 3 aromatic heterocycles. The number of sulfone groups is 1. The molecule has 0 radical (unpaired) electrons. The number of benzene rings is 1. The Morgan fingerprint density at radius 2 is 2.08 bits per heavy atom. The van der Waals surface area contributed by atoms with E-state index in [1.54, 1.807) is 24.1 Å². The summed E-state index contributed by atoms with van der Waals surface area (Å²) in [6.45, 7) is 1.78. The number of β-amino-alcohol motifs (C(OH)–C–C–N with tert-alkyl or cyclic N) is 1. The molecule has 0 bridgehead atoms. The molecule has 1 saturated heterocycles. The van der Waals surface area contributed by atoms with Crippen molar-refractivity contribution >= 4 is 32.5 Å². The number of methoxy groups -OCH3 is 1. The first-order valence-corrected chi connectivity index (χ1v) is 14.0. The molecule has 0 aliphatic carbocycles. The summed E-state index contributed by atoms with van der Waals surface area (Å²) in [5.41, 5.74) is 2.46. The number of hydrogen-bond donors (Lipinski definition) is 3. The van der Waals surface area contributed by atoms with Crippen LogP contribution in [0.3, 0.4) is 0 Å². The van der Waals surface area contributed by atoms with Crippen LogP contribution < -0.4 is 15.0 Å². The van der Waals surface area contributed by atoms with Crippen molar-refractivity contribution < 1.29 is 27.8 Å². The standard InChI is InChI=1S/C26H28N6O6S/c1-3-39(35,36)24-8-7-17(13-28-24)38-23-12-20-19(30-25(31-20)18-6-4-5-9-27-18)11-21(23)32-14-16(33)10-22(32)26(34)29-15-37-2/h4-9,11-13,16,22,33H,3,10,14-15H2,1-2H3,(H,29,34)(H,30,31)/t16-,22+/m0/s1. The number of hydrogen-bond acceptors (Lipinski definition) is 10. The van der Waals surface area contributed by atoms with Gasteiger partial charge in [0.25, 0.3) is 0 Å². The average Bonchev–Trinajstić information content (AvgIpc) is 3.55. The molecule has 1 amide bonds. The van der Waals surface area contributed by atoms with Crippen LogP contribution in [0.2, 0.25) is 0 Å². The lowest BCUT2D eigenvalue weighted by molar-refractivity contribution is -0.123. The molecule has 1 fully saturated rings. The predicted molar refractivity (Wildman–Crippen MR) is 143 cm³/mol. The number of aromatic amines is 1. The number of carbonyl (C=O) groups excluding carboxylic acids is 1. The van der Waals surface area contributed by atoms with Gasteiger partial charge in [0.05, 0.1) is 34.8 Å². The summed E-state index contributed by atoms with van der Waals surface area (Å²) in [4.78, 5) is 31.1. The third-order valence-corrected chi connectivity index (χ3v) is 8.03. The van der Waals surface area contributed by atoms with Crippen LogP contribution >= 0.6 is 0 Å². The number of carbonyl (C=O) groups is 1. The van der Waals surface area contributed by atoms with Gasteiger partial charge >= 0.3 is 0 Å². The van der Waals surface area contributed by atoms with Gasteiger partial charge in [-0.05, 0) is 30.3 Å². The molecule has 0 unspecified atom stereocenters. The Morgan fingerprint density at radius 3 is 2.77 bits per heavy atom. The summed E-state index contributed by atoms with van der Waals surface area (Å²) in [7, 11) is -1.99. The number of rotatable bonds is 9. The molecule has 2 atom stereocenters. The first-order chi connectivity index (χ1) is 18.8. The minimum absolute atomic E-state index is 0.0360. The number of H-pyrrole nitrogens is 1. The van der Waals surface area contributed by atoms with Crippen molar-refractivity contribution in [2.75, 3.05) is 31.0 Å². The number of ether oxygens (including phenoxy) is 2. The van der Waals surface area contributed by atoms with E-state index >= 15 is 0 Å². The highest BCUT2D eigenvalue weighted by Gasteiger charge is 2.37. The van der Waals surface area contributed by atoms with Crippen molar-refractivity contribution in [1.82, 2.24) is 25.3 Å². The Kier molecular flexibility index (Phi) is 7.46. The first kappa shape index (κ1) is 26.5. The molecular formula is C26H28N6O6S. The second-order valence-electron chi connectivity index (χ2n) is 9.01. The van der Waals surface area contributed by atoms with E-state index in [-0.39, 0.29) is 36.4 Å². The number of aromatic nitrogens is 4. The second-order valence-corrected chi connectivity index (χ2v) is 11.2. The van der Waals surface area contributed by atoms with E-state index in [4.69, 9.17) is 9.47 Å². The number of pyridine rings is 2. The van der Waals surface area contributed by atoms with Crippen molar-refractivity contribution in [1.29, 1.82) is 0 Å². The number of aliphatic hydroxyl groups is 1. The van der Waals surface area contributed by atoms with E-state index in [0.29, 0.717) is 39.7 Å². The summed E-state index contributed by atoms with van der Waals surface area (Å²) in [6, 6.07) is 11.3.